The summed E-state index contributed by atoms with van der Waals surface area (Å²) < 4.78 is 11.0. The first kappa shape index (κ1) is 18.2. The number of carbonyl (C=O) groups is 1. The summed E-state index contributed by atoms with van der Waals surface area (Å²) in [4.78, 5) is 22.2. The Hall–Kier alpha value is -1.56. The van der Waals surface area contributed by atoms with Crippen LogP contribution in [0.5, 0.6) is 0 Å². The molecule has 2 saturated heterocycles. The van der Waals surface area contributed by atoms with E-state index in [1.807, 2.05) is 31.9 Å². The van der Waals surface area contributed by atoms with Gasteiger partial charge in [0.1, 0.15) is 11.4 Å². The molecule has 3 heterocycles. The van der Waals surface area contributed by atoms with Crippen LogP contribution in [0, 0.1) is 0 Å². The lowest BCUT2D eigenvalue weighted by Crippen LogP contribution is -2.41. The summed E-state index contributed by atoms with van der Waals surface area (Å²) in [5, 5.41) is 0. The van der Waals surface area contributed by atoms with Gasteiger partial charge in [0.15, 0.2) is 0 Å². The SMILES string of the molecule is CC(C)(C)OC(=O)N1CCC(c2ncc(C3(C)CCOCC3)[nH]2)CC1. The van der Waals surface area contributed by atoms with Crippen LogP contribution < -0.4 is 0 Å². The van der Waals surface area contributed by atoms with Crippen LogP contribution in [0.2, 0.25) is 0 Å². The lowest BCUT2D eigenvalue weighted by atomic mass is 9.80. The van der Waals surface area contributed by atoms with Crippen LogP contribution >= 0.6 is 0 Å². The van der Waals surface area contributed by atoms with Crippen molar-refractivity contribution < 1.29 is 14.3 Å². The third-order valence-corrected chi connectivity index (χ3v) is 5.38. The van der Waals surface area contributed by atoms with Crippen molar-refractivity contribution in [2.45, 2.75) is 70.3 Å². The van der Waals surface area contributed by atoms with Crippen molar-refractivity contribution in [3.8, 4) is 0 Å². The minimum absolute atomic E-state index is 0.140. The highest BCUT2D eigenvalue weighted by atomic mass is 16.6. The quantitative estimate of drug-likeness (QED) is 0.886. The maximum Gasteiger partial charge on any atom is 0.410 e. The molecule has 1 amide bonds. The maximum absolute atomic E-state index is 12.2. The molecule has 1 aromatic rings. The van der Waals surface area contributed by atoms with Gasteiger partial charge in [-0.2, -0.15) is 0 Å². The van der Waals surface area contributed by atoms with Gasteiger partial charge in [0.05, 0.1) is 0 Å². The minimum Gasteiger partial charge on any atom is -0.444 e. The summed E-state index contributed by atoms with van der Waals surface area (Å²) in [5.41, 5.74) is 0.921. The molecular formula is C19H31N3O3. The molecule has 0 spiro atoms. The second-order valence-corrected chi connectivity index (χ2v) is 8.60. The zero-order valence-electron chi connectivity index (χ0n) is 15.9. The number of hydrogen-bond acceptors (Lipinski definition) is 4. The number of nitrogens with zero attached hydrogens (tertiary/aromatic N) is 2. The molecule has 0 unspecified atom stereocenters. The second kappa shape index (κ2) is 6.98. The predicted molar refractivity (Wildman–Crippen MR) is 95.8 cm³/mol. The average Bonchev–Trinajstić information content (AvgIpc) is 3.05. The minimum atomic E-state index is -0.441. The van der Waals surface area contributed by atoms with Crippen molar-refractivity contribution in [3.63, 3.8) is 0 Å². The van der Waals surface area contributed by atoms with E-state index in [0.29, 0.717) is 5.92 Å². The Morgan fingerprint density at radius 3 is 2.56 bits per heavy atom. The lowest BCUT2D eigenvalue weighted by Gasteiger charge is -2.33. The molecule has 140 valence electrons. The highest BCUT2D eigenvalue weighted by Gasteiger charge is 2.33. The van der Waals surface area contributed by atoms with Crippen LogP contribution in [0.25, 0.3) is 0 Å². The molecule has 0 radical (unpaired) electrons. The largest absolute Gasteiger partial charge is 0.444 e. The summed E-state index contributed by atoms with van der Waals surface area (Å²) in [6.07, 6.45) is 5.71. The zero-order valence-corrected chi connectivity index (χ0v) is 15.9. The summed E-state index contributed by atoms with van der Waals surface area (Å²) >= 11 is 0. The normalized spacial score (nSPS) is 22.0. The zero-order chi connectivity index (χ0) is 18.1. The number of aromatic nitrogens is 2. The van der Waals surface area contributed by atoms with E-state index in [2.05, 4.69) is 16.9 Å². The second-order valence-electron chi connectivity index (χ2n) is 8.60. The molecule has 0 aliphatic carbocycles. The molecule has 2 fully saturated rings. The maximum atomic E-state index is 12.2. The van der Waals surface area contributed by atoms with Crippen LogP contribution in [0.4, 0.5) is 4.79 Å². The van der Waals surface area contributed by atoms with Gasteiger partial charge in [-0.05, 0) is 46.5 Å². The van der Waals surface area contributed by atoms with Crippen LogP contribution in [0.3, 0.4) is 0 Å². The topological polar surface area (TPSA) is 67.4 Å². The Morgan fingerprint density at radius 2 is 1.96 bits per heavy atom. The Labute approximate surface area is 150 Å². The highest BCUT2D eigenvalue weighted by molar-refractivity contribution is 5.68. The molecule has 0 saturated carbocycles. The van der Waals surface area contributed by atoms with E-state index >= 15 is 0 Å². The summed E-state index contributed by atoms with van der Waals surface area (Å²) in [5.74, 6) is 1.45. The van der Waals surface area contributed by atoms with Crippen LogP contribution in [0.1, 0.15) is 70.8 Å². The van der Waals surface area contributed by atoms with Crippen molar-refractivity contribution in [2.24, 2.45) is 0 Å². The molecule has 6 nitrogen and oxygen atoms in total. The number of hydrogen-bond donors (Lipinski definition) is 1. The van der Waals surface area contributed by atoms with E-state index in [4.69, 9.17) is 9.47 Å². The molecule has 1 aromatic heterocycles. The van der Waals surface area contributed by atoms with E-state index in [-0.39, 0.29) is 11.5 Å². The Bertz CT molecular complexity index is 591. The number of rotatable bonds is 2. The fourth-order valence-corrected chi connectivity index (χ4v) is 3.60. The third kappa shape index (κ3) is 4.35. The molecule has 25 heavy (non-hydrogen) atoms. The van der Waals surface area contributed by atoms with Gasteiger partial charge in [-0.25, -0.2) is 9.78 Å². The predicted octanol–water partition coefficient (Wildman–Crippen LogP) is 3.59. The first-order valence-electron chi connectivity index (χ1n) is 9.38. The fourth-order valence-electron chi connectivity index (χ4n) is 3.60. The number of amides is 1. The number of carbonyl (C=O) groups excluding carboxylic acids is 1. The van der Waals surface area contributed by atoms with Gasteiger partial charge in [0.2, 0.25) is 0 Å². The molecule has 0 bridgehead atoms. The van der Waals surface area contributed by atoms with Crippen molar-refractivity contribution in [1.29, 1.82) is 0 Å². The Morgan fingerprint density at radius 1 is 1.32 bits per heavy atom. The van der Waals surface area contributed by atoms with E-state index in [9.17, 15) is 4.79 Å². The van der Waals surface area contributed by atoms with Crippen LogP contribution in [0.15, 0.2) is 6.20 Å². The lowest BCUT2D eigenvalue weighted by molar-refractivity contribution is 0.0203. The van der Waals surface area contributed by atoms with Gasteiger partial charge in [-0.15, -0.1) is 0 Å². The van der Waals surface area contributed by atoms with Crippen LogP contribution in [-0.2, 0) is 14.9 Å². The van der Waals surface area contributed by atoms with Crippen molar-refractivity contribution in [1.82, 2.24) is 14.9 Å². The van der Waals surface area contributed by atoms with Crippen molar-refractivity contribution >= 4 is 6.09 Å². The van der Waals surface area contributed by atoms with Gasteiger partial charge in [-0.1, -0.05) is 6.92 Å². The molecule has 3 rings (SSSR count). The number of likely N-dealkylation sites (tertiary alicyclic amines) is 1. The van der Waals surface area contributed by atoms with Crippen LogP contribution in [-0.4, -0.2) is 52.9 Å². The number of piperidine rings is 1. The average molecular weight is 349 g/mol. The Balaban J connectivity index is 1.58. The van der Waals surface area contributed by atoms with Crippen molar-refractivity contribution in [2.75, 3.05) is 26.3 Å². The molecule has 2 aliphatic rings. The summed E-state index contributed by atoms with van der Waals surface area (Å²) in [6.45, 7) is 11.1. The number of imidazole rings is 1. The molecular weight excluding hydrogens is 318 g/mol. The van der Waals surface area contributed by atoms with Gasteiger partial charge >= 0.3 is 6.09 Å². The Kier molecular flexibility index (Phi) is 5.09. The number of aromatic amines is 1. The highest BCUT2D eigenvalue weighted by Crippen LogP contribution is 2.35. The molecule has 1 N–H and O–H groups in total. The monoisotopic (exact) mass is 349 g/mol. The molecule has 0 atom stereocenters. The van der Waals surface area contributed by atoms with E-state index in [0.717, 1.165) is 57.8 Å². The van der Waals surface area contributed by atoms with Crippen molar-refractivity contribution in [3.05, 3.63) is 17.7 Å². The molecule has 0 aromatic carbocycles. The van der Waals surface area contributed by atoms with E-state index < -0.39 is 5.60 Å². The van der Waals surface area contributed by atoms with Gasteiger partial charge < -0.3 is 19.4 Å². The number of H-pyrrole nitrogens is 1. The molecule has 2 aliphatic heterocycles. The number of nitrogens with one attached hydrogen (secondary N) is 1. The number of ether oxygens (including phenoxy) is 2. The fraction of sp³-hybridized carbons (Fsp3) is 0.789. The summed E-state index contributed by atoms with van der Waals surface area (Å²) in [6, 6.07) is 0. The summed E-state index contributed by atoms with van der Waals surface area (Å²) in [7, 11) is 0. The molecule has 6 heteroatoms. The first-order valence-corrected chi connectivity index (χ1v) is 9.38. The van der Waals surface area contributed by atoms with Gasteiger partial charge in [-0.3, -0.25) is 0 Å². The van der Waals surface area contributed by atoms with E-state index in [1.165, 1.54) is 5.69 Å². The first-order chi connectivity index (χ1) is 11.8. The van der Waals surface area contributed by atoms with Gasteiger partial charge in [0, 0.05) is 49.5 Å². The van der Waals surface area contributed by atoms with Gasteiger partial charge in [0.25, 0.3) is 0 Å². The third-order valence-electron chi connectivity index (χ3n) is 5.38. The standard InChI is InChI=1S/C19H31N3O3/c1-18(2,3)25-17(23)22-9-5-14(6-10-22)16-20-13-15(21-16)19(4)7-11-24-12-8-19/h13-14H,5-12H2,1-4H3,(H,20,21). The smallest absolute Gasteiger partial charge is 0.410 e. The van der Waals surface area contributed by atoms with E-state index in [1.54, 1.807) is 0 Å².